The first-order chi connectivity index (χ1) is 5.88. The van der Waals surface area contributed by atoms with Crippen molar-refractivity contribution in [2.75, 3.05) is 0 Å². The van der Waals surface area contributed by atoms with Crippen LogP contribution in [0.2, 0.25) is 0 Å². The highest BCUT2D eigenvalue weighted by atomic mass is 79.9. The van der Waals surface area contributed by atoms with Crippen LogP contribution in [0.1, 0.15) is 24.8 Å². The van der Waals surface area contributed by atoms with Gasteiger partial charge in [-0.1, -0.05) is 6.08 Å². The van der Waals surface area contributed by atoms with Crippen molar-refractivity contribution in [3.05, 3.63) is 34.6 Å². The summed E-state index contributed by atoms with van der Waals surface area (Å²) < 4.78 is 1.11. The van der Waals surface area contributed by atoms with Gasteiger partial charge >= 0.3 is 0 Å². The molecule has 0 fully saturated rings. The van der Waals surface area contributed by atoms with Crippen molar-refractivity contribution in [2.45, 2.75) is 19.3 Å². The zero-order valence-electron chi connectivity index (χ0n) is 6.76. The molecule has 1 aliphatic carbocycles. The van der Waals surface area contributed by atoms with E-state index >= 15 is 0 Å². The van der Waals surface area contributed by atoms with E-state index in [0.717, 1.165) is 4.47 Å². The highest BCUT2D eigenvalue weighted by molar-refractivity contribution is 9.10. The Morgan fingerprint density at radius 2 is 2.33 bits per heavy atom. The molecule has 1 nitrogen and oxygen atoms in total. The molecule has 12 heavy (non-hydrogen) atoms. The molecule has 62 valence electrons. The SMILES string of the molecule is Brc1cnccc1C1=CCCC1. The van der Waals surface area contributed by atoms with Gasteiger partial charge in [0.1, 0.15) is 0 Å². The number of halogens is 1. The molecule has 0 atom stereocenters. The average Bonchev–Trinajstić information content (AvgIpc) is 2.57. The molecule has 1 heterocycles. The molecule has 0 aromatic carbocycles. The maximum Gasteiger partial charge on any atom is 0.0433 e. The molecule has 0 saturated carbocycles. The van der Waals surface area contributed by atoms with Gasteiger partial charge in [-0.05, 0) is 52.4 Å². The van der Waals surface area contributed by atoms with Crippen LogP contribution in [0, 0.1) is 0 Å². The van der Waals surface area contributed by atoms with Crippen molar-refractivity contribution in [1.29, 1.82) is 0 Å². The second kappa shape index (κ2) is 3.40. The third kappa shape index (κ3) is 1.44. The minimum Gasteiger partial charge on any atom is -0.264 e. The molecule has 1 aromatic heterocycles. The zero-order chi connectivity index (χ0) is 8.39. The first-order valence-corrected chi connectivity index (χ1v) is 4.96. The van der Waals surface area contributed by atoms with E-state index < -0.39 is 0 Å². The Bertz CT molecular complexity index is 317. The predicted molar refractivity (Wildman–Crippen MR) is 53.8 cm³/mol. The van der Waals surface area contributed by atoms with E-state index in [9.17, 15) is 0 Å². The van der Waals surface area contributed by atoms with Gasteiger partial charge in [0.25, 0.3) is 0 Å². The van der Waals surface area contributed by atoms with Gasteiger partial charge in [-0.15, -0.1) is 0 Å². The molecule has 0 unspecified atom stereocenters. The Kier molecular flexibility index (Phi) is 2.26. The van der Waals surface area contributed by atoms with Gasteiger partial charge in [-0.2, -0.15) is 0 Å². The van der Waals surface area contributed by atoms with E-state index in [1.54, 1.807) is 0 Å². The largest absolute Gasteiger partial charge is 0.264 e. The summed E-state index contributed by atoms with van der Waals surface area (Å²) in [5, 5.41) is 0. The van der Waals surface area contributed by atoms with Gasteiger partial charge in [-0.25, -0.2) is 0 Å². The van der Waals surface area contributed by atoms with Gasteiger partial charge in [0, 0.05) is 16.9 Å². The number of pyridine rings is 1. The average molecular weight is 224 g/mol. The highest BCUT2D eigenvalue weighted by Gasteiger charge is 2.09. The Morgan fingerprint density at radius 1 is 1.42 bits per heavy atom. The minimum atomic E-state index is 1.11. The molecular formula is C10H10BrN. The van der Waals surface area contributed by atoms with Crippen LogP contribution in [0.4, 0.5) is 0 Å². The molecule has 0 radical (unpaired) electrons. The Balaban J connectivity index is 2.39. The van der Waals surface area contributed by atoms with Crippen LogP contribution in [-0.2, 0) is 0 Å². The van der Waals surface area contributed by atoms with Crippen LogP contribution in [-0.4, -0.2) is 4.98 Å². The van der Waals surface area contributed by atoms with Crippen LogP contribution in [0.15, 0.2) is 29.0 Å². The lowest BCUT2D eigenvalue weighted by Gasteiger charge is -2.03. The van der Waals surface area contributed by atoms with Crippen molar-refractivity contribution >= 4 is 21.5 Å². The van der Waals surface area contributed by atoms with Gasteiger partial charge < -0.3 is 0 Å². The molecule has 1 aromatic rings. The summed E-state index contributed by atoms with van der Waals surface area (Å²) in [4.78, 5) is 4.04. The molecular weight excluding hydrogens is 214 g/mol. The van der Waals surface area contributed by atoms with Gasteiger partial charge in [-0.3, -0.25) is 4.98 Å². The molecule has 2 rings (SSSR count). The van der Waals surface area contributed by atoms with E-state index in [0.29, 0.717) is 0 Å². The fraction of sp³-hybridized carbons (Fsp3) is 0.300. The molecule has 0 N–H and O–H groups in total. The van der Waals surface area contributed by atoms with E-state index in [4.69, 9.17) is 0 Å². The highest BCUT2D eigenvalue weighted by Crippen LogP contribution is 2.31. The quantitative estimate of drug-likeness (QED) is 0.712. The summed E-state index contributed by atoms with van der Waals surface area (Å²) in [5.74, 6) is 0. The molecule has 1 aliphatic rings. The Labute approximate surface area is 80.6 Å². The number of aromatic nitrogens is 1. The van der Waals surface area contributed by atoms with Crippen molar-refractivity contribution in [1.82, 2.24) is 4.98 Å². The van der Waals surface area contributed by atoms with Crippen LogP contribution < -0.4 is 0 Å². The summed E-state index contributed by atoms with van der Waals surface area (Å²) in [5.41, 5.74) is 2.77. The standard InChI is InChI=1S/C10H10BrN/c11-10-7-12-6-5-9(10)8-3-1-2-4-8/h3,5-7H,1-2,4H2. The third-order valence-corrected chi connectivity index (χ3v) is 2.79. The monoisotopic (exact) mass is 223 g/mol. The van der Waals surface area contributed by atoms with Crippen LogP contribution >= 0.6 is 15.9 Å². The number of hydrogen-bond donors (Lipinski definition) is 0. The lowest BCUT2D eigenvalue weighted by Crippen LogP contribution is -1.83. The Hall–Kier alpha value is -0.630. The molecule has 0 spiro atoms. The Morgan fingerprint density at radius 3 is 3.00 bits per heavy atom. The molecule has 0 saturated heterocycles. The summed E-state index contributed by atoms with van der Waals surface area (Å²) in [6.45, 7) is 0. The van der Waals surface area contributed by atoms with Gasteiger partial charge in [0.15, 0.2) is 0 Å². The second-order valence-corrected chi connectivity index (χ2v) is 3.83. The van der Waals surface area contributed by atoms with Crippen molar-refractivity contribution in [3.63, 3.8) is 0 Å². The number of allylic oxidation sites excluding steroid dienone is 2. The molecule has 2 heteroatoms. The lowest BCUT2D eigenvalue weighted by atomic mass is 10.1. The van der Waals surface area contributed by atoms with E-state index in [1.807, 2.05) is 12.4 Å². The maximum atomic E-state index is 4.04. The molecule has 0 aliphatic heterocycles. The minimum absolute atomic E-state index is 1.11. The van der Waals surface area contributed by atoms with Gasteiger partial charge in [0.2, 0.25) is 0 Å². The number of nitrogens with zero attached hydrogens (tertiary/aromatic N) is 1. The molecule has 0 bridgehead atoms. The first-order valence-electron chi connectivity index (χ1n) is 4.17. The summed E-state index contributed by atoms with van der Waals surface area (Å²) in [7, 11) is 0. The van der Waals surface area contributed by atoms with E-state index in [2.05, 4.69) is 33.1 Å². The summed E-state index contributed by atoms with van der Waals surface area (Å²) in [6.07, 6.45) is 9.75. The normalized spacial score (nSPS) is 16.2. The number of hydrogen-bond acceptors (Lipinski definition) is 1. The molecule has 0 amide bonds. The summed E-state index contributed by atoms with van der Waals surface area (Å²) in [6, 6.07) is 2.07. The topological polar surface area (TPSA) is 12.9 Å². The van der Waals surface area contributed by atoms with E-state index in [-0.39, 0.29) is 0 Å². The van der Waals surface area contributed by atoms with E-state index in [1.165, 1.54) is 30.4 Å². The first kappa shape index (κ1) is 7.99. The summed E-state index contributed by atoms with van der Waals surface area (Å²) >= 11 is 3.50. The second-order valence-electron chi connectivity index (χ2n) is 2.98. The maximum absolute atomic E-state index is 4.04. The number of rotatable bonds is 1. The lowest BCUT2D eigenvalue weighted by molar-refractivity contribution is 0.935. The third-order valence-electron chi connectivity index (χ3n) is 2.16. The fourth-order valence-corrected chi connectivity index (χ4v) is 2.06. The van der Waals surface area contributed by atoms with Crippen molar-refractivity contribution in [2.24, 2.45) is 0 Å². The van der Waals surface area contributed by atoms with Crippen molar-refractivity contribution in [3.8, 4) is 0 Å². The zero-order valence-corrected chi connectivity index (χ0v) is 8.34. The van der Waals surface area contributed by atoms with Crippen LogP contribution in [0.5, 0.6) is 0 Å². The van der Waals surface area contributed by atoms with Crippen LogP contribution in [0.3, 0.4) is 0 Å². The van der Waals surface area contributed by atoms with Crippen molar-refractivity contribution < 1.29 is 0 Å². The fourth-order valence-electron chi connectivity index (χ4n) is 1.55. The predicted octanol–water partition coefficient (Wildman–Crippen LogP) is 3.41. The smallest absolute Gasteiger partial charge is 0.0433 e. The van der Waals surface area contributed by atoms with Gasteiger partial charge in [0.05, 0.1) is 0 Å². The van der Waals surface area contributed by atoms with Crippen LogP contribution in [0.25, 0.3) is 5.57 Å².